The van der Waals surface area contributed by atoms with Crippen LogP contribution < -0.4 is 5.32 Å². The molecule has 2 heterocycles. The Kier molecular flexibility index (Phi) is 8.90. The Labute approximate surface area is 235 Å². The first-order valence-electron chi connectivity index (χ1n) is 11.6. The Morgan fingerprint density at radius 3 is 2.52 bits per heavy atom. The van der Waals surface area contributed by atoms with Crippen LogP contribution in [-0.2, 0) is 16.7 Å². The predicted molar refractivity (Wildman–Crippen MR) is 144 cm³/mol. The number of aliphatic carboxylic acids is 1. The molecule has 0 spiro atoms. The van der Waals surface area contributed by atoms with Gasteiger partial charge >= 0.3 is 12.1 Å². The van der Waals surface area contributed by atoms with Crippen LogP contribution in [0.15, 0.2) is 73.2 Å². The lowest BCUT2D eigenvalue weighted by Crippen LogP contribution is -2.15. The Balaban J connectivity index is 1.51. The molecule has 13 heteroatoms. The molecule has 2 N–H and O–H groups in total. The number of nitrogens with one attached hydrogen (secondary N) is 1. The predicted octanol–water partition coefficient (Wildman–Crippen LogP) is 6.13. The number of rotatable bonds is 10. The number of aromatic nitrogens is 3. The molecule has 0 bridgehead atoms. The fourth-order valence-corrected chi connectivity index (χ4v) is 4.64. The molecular formula is C27H20ClF3N4O4S. The lowest BCUT2D eigenvalue weighted by molar-refractivity contribution is -0.141. The average molecular weight is 589 g/mol. The number of nitrogens with zero attached hydrogens (tertiary/aromatic N) is 3. The number of hydrogen-bond acceptors (Lipinski definition) is 6. The number of pyridine rings is 1. The Bertz CT molecular complexity index is 1560. The van der Waals surface area contributed by atoms with Crippen molar-refractivity contribution < 1.29 is 32.7 Å². The lowest BCUT2D eigenvalue weighted by Gasteiger charge is -2.11. The van der Waals surface area contributed by atoms with Gasteiger partial charge in [-0.25, -0.2) is 9.67 Å². The molecule has 206 valence electrons. The number of amides is 1. The summed E-state index contributed by atoms with van der Waals surface area (Å²) in [6.07, 6.45) is -0.964. The van der Waals surface area contributed by atoms with Gasteiger partial charge < -0.3 is 10.4 Å². The van der Waals surface area contributed by atoms with Gasteiger partial charge in [-0.1, -0.05) is 23.7 Å². The number of anilines is 1. The van der Waals surface area contributed by atoms with Crippen molar-refractivity contribution in [3.63, 3.8) is 0 Å². The van der Waals surface area contributed by atoms with Crippen molar-refractivity contribution in [3.8, 4) is 5.69 Å². The number of carbonyl (C=O) groups is 3. The molecule has 0 saturated carbocycles. The smallest absolute Gasteiger partial charge is 0.433 e. The second-order valence-electron chi connectivity index (χ2n) is 8.44. The van der Waals surface area contributed by atoms with Crippen molar-refractivity contribution in [2.24, 2.45) is 0 Å². The van der Waals surface area contributed by atoms with Crippen LogP contribution in [0.3, 0.4) is 0 Å². The lowest BCUT2D eigenvalue weighted by atomic mass is 10.0. The van der Waals surface area contributed by atoms with Gasteiger partial charge in [0.2, 0.25) is 0 Å². The molecule has 8 nitrogen and oxygen atoms in total. The molecule has 40 heavy (non-hydrogen) atoms. The third kappa shape index (κ3) is 7.27. The topological polar surface area (TPSA) is 114 Å². The number of thioether (sulfide) groups is 1. The number of ketones is 1. The molecule has 2 aromatic heterocycles. The highest BCUT2D eigenvalue weighted by Crippen LogP contribution is 2.28. The number of carbonyl (C=O) groups excluding carboxylic acids is 2. The average Bonchev–Trinajstić information content (AvgIpc) is 3.42. The maximum Gasteiger partial charge on any atom is 0.433 e. The first kappa shape index (κ1) is 28.8. The molecule has 2 aromatic carbocycles. The summed E-state index contributed by atoms with van der Waals surface area (Å²) in [4.78, 5) is 40.5. The summed E-state index contributed by atoms with van der Waals surface area (Å²) >= 11 is 7.56. The third-order valence-corrected chi connectivity index (χ3v) is 6.81. The van der Waals surface area contributed by atoms with E-state index in [1.54, 1.807) is 18.2 Å². The monoisotopic (exact) mass is 588 g/mol. The van der Waals surface area contributed by atoms with Gasteiger partial charge in [0.1, 0.15) is 5.69 Å². The SMILES string of the molecule is O=C(O)CCSCc1cccc(C(=O)Nc2ccc(Cl)cc2C(=O)c2cnn(-c3ccc(C(F)(F)F)nc3)c2)c1. The molecule has 0 saturated heterocycles. The Morgan fingerprint density at radius 2 is 1.82 bits per heavy atom. The van der Waals surface area contributed by atoms with Crippen LogP contribution >= 0.6 is 23.4 Å². The van der Waals surface area contributed by atoms with E-state index in [2.05, 4.69) is 15.4 Å². The largest absolute Gasteiger partial charge is 0.481 e. The molecule has 4 aromatic rings. The summed E-state index contributed by atoms with van der Waals surface area (Å²) in [6.45, 7) is 0. The van der Waals surface area contributed by atoms with E-state index < -0.39 is 29.5 Å². The van der Waals surface area contributed by atoms with E-state index in [4.69, 9.17) is 16.7 Å². The molecular weight excluding hydrogens is 569 g/mol. The van der Waals surface area contributed by atoms with Crippen molar-refractivity contribution in [1.29, 1.82) is 0 Å². The molecule has 0 aliphatic heterocycles. The second kappa shape index (κ2) is 12.3. The first-order chi connectivity index (χ1) is 19.0. The molecule has 0 aliphatic carbocycles. The third-order valence-electron chi connectivity index (χ3n) is 5.54. The number of halogens is 4. The highest BCUT2D eigenvalue weighted by atomic mass is 35.5. The van der Waals surface area contributed by atoms with Crippen molar-refractivity contribution in [1.82, 2.24) is 14.8 Å². The van der Waals surface area contributed by atoms with Gasteiger partial charge in [0.25, 0.3) is 5.91 Å². The zero-order valence-corrected chi connectivity index (χ0v) is 22.1. The van der Waals surface area contributed by atoms with Gasteiger partial charge in [-0.3, -0.25) is 14.4 Å². The van der Waals surface area contributed by atoms with Crippen molar-refractivity contribution >= 4 is 46.7 Å². The van der Waals surface area contributed by atoms with Crippen LogP contribution in [0, 0.1) is 0 Å². The summed E-state index contributed by atoms with van der Waals surface area (Å²) < 4.78 is 39.6. The van der Waals surface area contributed by atoms with Crippen LogP contribution in [0.1, 0.15) is 44.0 Å². The second-order valence-corrected chi connectivity index (χ2v) is 9.98. The molecule has 1 amide bonds. The minimum atomic E-state index is -4.58. The molecule has 4 rings (SSSR count). The summed E-state index contributed by atoms with van der Waals surface area (Å²) in [5.41, 5.74) is 0.732. The number of alkyl halides is 3. The van der Waals surface area contributed by atoms with Gasteiger partial charge in [-0.2, -0.15) is 30.0 Å². The van der Waals surface area contributed by atoms with Crippen molar-refractivity contribution in [3.05, 3.63) is 106 Å². The van der Waals surface area contributed by atoms with Crippen LogP contribution in [-0.4, -0.2) is 43.3 Å². The zero-order chi connectivity index (χ0) is 28.9. The van der Waals surface area contributed by atoms with Gasteiger partial charge in [-0.05, 0) is 48.0 Å². The zero-order valence-electron chi connectivity index (χ0n) is 20.5. The van der Waals surface area contributed by atoms with Crippen LogP contribution in [0.2, 0.25) is 5.02 Å². The minimum Gasteiger partial charge on any atom is -0.481 e. The van der Waals surface area contributed by atoms with Gasteiger partial charge in [0.05, 0.1) is 35.8 Å². The van der Waals surface area contributed by atoms with Gasteiger partial charge in [0.15, 0.2) is 5.78 Å². The van der Waals surface area contributed by atoms with Gasteiger partial charge in [-0.15, -0.1) is 0 Å². The number of hydrogen-bond donors (Lipinski definition) is 2. The normalized spacial score (nSPS) is 11.3. The maximum absolute atomic E-state index is 13.3. The van der Waals surface area contributed by atoms with E-state index in [1.807, 2.05) is 6.07 Å². The fraction of sp³-hybridized carbons (Fsp3) is 0.148. The molecule has 0 aliphatic rings. The van der Waals surface area contributed by atoms with E-state index in [0.717, 1.165) is 17.8 Å². The van der Waals surface area contributed by atoms with Crippen LogP contribution in [0.4, 0.5) is 18.9 Å². The van der Waals surface area contributed by atoms with Crippen molar-refractivity contribution in [2.75, 3.05) is 11.1 Å². The van der Waals surface area contributed by atoms with Crippen LogP contribution in [0.25, 0.3) is 5.69 Å². The minimum absolute atomic E-state index is 0.0400. The highest BCUT2D eigenvalue weighted by molar-refractivity contribution is 7.98. The Morgan fingerprint density at radius 1 is 1.02 bits per heavy atom. The summed E-state index contributed by atoms with van der Waals surface area (Å²) in [5.74, 6) is -0.906. The van der Waals surface area contributed by atoms with Gasteiger partial charge in [0, 0.05) is 33.9 Å². The highest BCUT2D eigenvalue weighted by Gasteiger charge is 2.32. The maximum atomic E-state index is 13.3. The van der Waals surface area contributed by atoms with E-state index in [-0.39, 0.29) is 33.9 Å². The standard InChI is InChI=1S/C27H20ClF3N4O4S/c28-19-4-6-22(34-26(39)17-3-1-2-16(10-17)15-40-9-8-24(36)37)21(11-19)25(38)18-12-33-35(14-18)20-5-7-23(32-13-20)27(29,30)31/h1-7,10-14H,8-9,15H2,(H,34,39)(H,36,37). The Hall–Kier alpha value is -4.16. The molecule has 0 fully saturated rings. The quantitative estimate of drug-likeness (QED) is 0.169. The summed E-state index contributed by atoms with van der Waals surface area (Å²) in [5, 5.41) is 15.8. The van der Waals surface area contributed by atoms with E-state index in [9.17, 15) is 27.6 Å². The molecule has 0 atom stereocenters. The number of benzene rings is 2. The van der Waals surface area contributed by atoms with Crippen molar-refractivity contribution in [2.45, 2.75) is 18.3 Å². The van der Waals surface area contributed by atoms with E-state index in [1.165, 1.54) is 53.1 Å². The molecule has 0 unspecified atom stereocenters. The fourth-order valence-electron chi connectivity index (χ4n) is 3.59. The summed E-state index contributed by atoms with van der Waals surface area (Å²) in [7, 11) is 0. The van der Waals surface area contributed by atoms with E-state index >= 15 is 0 Å². The van der Waals surface area contributed by atoms with E-state index in [0.29, 0.717) is 17.1 Å². The molecule has 0 radical (unpaired) electrons. The number of carboxylic acid groups (broad SMARTS) is 1. The summed E-state index contributed by atoms with van der Waals surface area (Å²) in [6, 6.07) is 13.2. The number of carboxylic acids is 1. The van der Waals surface area contributed by atoms with Crippen LogP contribution in [0.5, 0.6) is 0 Å². The first-order valence-corrected chi connectivity index (χ1v) is 13.2.